The van der Waals surface area contributed by atoms with E-state index in [1.54, 1.807) is 6.92 Å². The molecule has 1 saturated carbocycles. The summed E-state index contributed by atoms with van der Waals surface area (Å²) in [6.45, 7) is 4.36. The van der Waals surface area contributed by atoms with Gasteiger partial charge in [0.05, 0.1) is 6.61 Å². The molecule has 0 amide bonds. The Morgan fingerprint density at radius 2 is 2.13 bits per heavy atom. The minimum absolute atomic E-state index is 0.0926. The standard InChI is InChI=1S/C13H16O2/c1-9-5-12(10(2)14)7-13(6-9)15-8-11-3-4-11/h5-7,11H,3-4,8H2,1-2H3. The zero-order chi connectivity index (χ0) is 10.8. The van der Waals surface area contributed by atoms with Crippen molar-refractivity contribution in [2.45, 2.75) is 26.7 Å². The van der Waals surface area contributed by atoms with Crippen LogP contribution in [0.3, 0.4) is 0 Å². The third kappa shape index (κ3) is 2.82. The number of Topliss-reactive ketones (excluding diaryl/α,β-unsaturated/α-hetero) is 1. The molecule has 1 fully saturated rings. The van der Waals surface area contributed by atoms with Gasteiger partial charge < -0.3 is 4.74 Å². The van der Waals surface area contributed by atoms with Crippen LogP contribution in [-0.4, -0.2) is 12.4 Å². The summed E-state index contributed by atoms with van der Waals surface area (Å²) in [5, 5.41) is 0. The van der Waals surface area contributed by atoms with Crippen molar-refractivity contribution in [3.8, 4) is 5.75 Å². The number of aryl methyl sites for hydroxylation is 1. The third-order valence-corrected chi connectivity index (χ3v) is 2.64. The van der Waals surface area contributed by atoms with E-state index in [2.05, 4.69) is 0 Å². The highest BCUT2D eigenvalue weighted by Gasteiger charge is 2.21. The first-order chi connectivity index (χ1) is 7.15. The summed E-state index contributed by atoms with van der Waals surface area (Å²) in [6.07, 6.45) is 2.57. The topological polar surface area (TPSA) is 26.3 Å². The molecule has 1 aliphatic rings. The zero-order valence-electron chi connectivity index (χ0n) is 9.25. The van der Waals surface area contributed by atoms with Crippen molar-refractivity contribution >= 4 is 5.78 Å². The summed E-state index contributed by atoms with van der Waals surface area (Å²) < 4.78 is 5.65. The van der Waals surface area contributed by atoms with Crippen molar-refractivity contribution in [3.63, 3.8) is 0 Å². The maximum absolute atomic E-state index is 11.2. The molecule has 0 N–H and O–H groups in total. The second-order valence-corrected chi connectivity index (χ2v) is 4.35. The summed E-state index contributed by atoms with van der Waals surface area (Å²) in [5.41, 5.74) is 1.81. The molecule has 0 unspecified atom stereocenters. The first kappa shape index (κ1) is 10.2. The number of rotatable bonds is 4. The predicted octanol–water partition coefficient (Wildman–Crippen LogP) is 2.99. The lowest BCUT2D eigenvalue weighted by Crippen LogP contribution is -2.01. The molecule has 0 radical (unpaired) electrons. The van der Waals surface area contributed by atoms with Crippen LogP contribution in [-0.2, 0) is 0 Å². The number of hydrogen-bond acceptors (Lipinski definition) is 2. The Labute approximate surface area is 90.3 Å². The minimum Gasteiger partial charge on any atom is -0.493 e. The van der Waals surface area contributed by atoms with Crippen molar-refractivity contribution in [2.75, 3.05) is 6.61 Å². The zero-order valence-corrected chi connectivity index (χ0v) is 9.25. The summed E-state index contributed by atoms with van der Waals surface area (Å²) in [7, 11) is 0. The van der Waals surface area contributed by atoms with Crippen LogP contribution < -0.4 is 4.74 Å². The molecule has 0 saturated heterocycles. The van der Waals surface area contributed by atoms with Crippen LogP contribution in [0, 0.1) is 12.8 Å². The number of hydrogen-bond donors (Lipinski definition) is 0. The molecule has 2 heteroatoms. The van der Waals surface area contributed by atoms with Gasteiger partial charge in [0.1, 0.15) is 5.75 Å². The lowest BCUT2D eigenvalue weighted by atomic mass is 10.1. The van der Waals surface area contributed by atoms with Gasteiger partial charge in [-0.15, -0.1) is 0 Å². The molecular formula is C13H16O2. The molecule has 2 nitrogen and oxygen atoms in total. The van der Waals surface area contributed by atoms with Gasteiger partial charge in [-0.2, -0.15) is 0 Å². The average Bonchev–Trinajstić information content (AvgIpc) is 2.97. The van der Waals surface area contributed by atoms with Gasteiger partial charge in [0.15, 0.2) is 5.78 Å². The van der Waals surface area contributed by atoms with Crippen LogP contribution in [0.1, 0.15) is 35.7 Å². The monoisotopic (exact) mass is 204 g/mol. The molecule has 0 bridgehead atoms. The van der Waals surface area contributed by atoms with Crippen molar-refractivity contribution in [1.82, 2.24) is 0 Å². The van der Waals surface area contributed by atoms with Crippen molar-refractivity contribution in [2.24, 2.45) is 5.92 Å². The fourth-order valence-corrected chi connectivity index (χ4v) is 1.53. The largest absolute Gasteiger partial charge is 0.493 e. The van der Waals surface area contributed by atoms with Crippen LogP contribution in [0.25, 0.3) is 0 Å². The van der Waals surface area contributed by atoms with Gasteiger partial charge >= 0.3 is 0 Å². The number of benzene rings is 1. The lowest BCUT2D eigenvalue weighted by Gasteiger charge is -2.07. The second-order valence-electron chi connectivity index (χ2n) is 4.35. The van der Waals surface area contributed by atoms with Crippen LogP contribution >= 0.6 is 0 Å². The maximum atomic E-state index is 11.2. The van der Waals surface area contributed by atoms with Crippen molar-refractivity contribution in [3.05, 3.63) is 29.3 Å². The van der Waals surface area contributed by atoms with Crippen LogP contribution in [0.15, 0.2) is 18.2 Å². The maximum Gasteiger partial charge on any atom is 0.159 e. The molecule has 0 aromatic heterocycles. The van der Waals surface area contributed by atoms with Crippen LogP contribution in [0.2, 0.25) is 0 Å². The van der Waals surface area contributed by atoms with E-state index in [1.165, 1.54) is 12.8 Å². The summed E-state index contributed by atoms with van der Waals surface area (Å²) in [6, 6.07) is 5.71. The van der Waals surface area contributed by atoms with Gasteiger partial charge in [0, 0.05) is 5.56 Å². The Bertz CT molecular complexity index is 378. The smallest absolute Gasteiger partial charge is 0.159 e. The van der Waals surface area contributed by atoms with Crippen molar-refractivity contribution < 1.29 is 9.53 Å². The van der Waals surface area contributed by atoms with E-state index in [4.69, 9.17) is 4.74 Å². The quantitative estimate of drug-likeness (QED) is 0.705. The SMILES string of the molecule is CC(=O)c1cc(C)cc(OCC2CC2)c1. The van der Waals surface area contributed by atoms with Gasteiger partial charge in [-0.05, 0) is 56.4 Å². The summed E-state index contributed by atoms with van der Waals surface area (Å²) >= 11 is 0. The molecule has 1 aromatic rings. The highest BCUT2D eigenvalue weighted by atomic mass is 16.5. The highest BCUT2D eigenvalue weighted by Crippen LogP contribution is 2.29. The number of ketones is 1. The first-order valence-corrected chi connectivity index (χ1v) is 5.40. The van der Waals surface area contributed by atoms with Gasteiger partial charge in [0.2, 0.25) is 0 Å². The van der Waals surface area contributed by atoms with Crippen molar-refractivity contribution in [1.29, 1.82) is 0 Å². The van der Waals surface area contributed by atoms with Gasteiger partial charge in [0.25, 0.3) is 0 Å². The molecule has 0 atom stereocenters. The third-order valence-electron chi connectivity index (χ3n) is 2.64. The first-order valence-electron chi connectivity index (χ1n) is 5.40. The Hall–Kier alpha value is -1.31. The van der Waals surface area contributed by atoms with Gasteiger partial charge in [-0.25, -0.2) is 0 Å². The Balaban J connectivity index is 2.10. The molecule has 1 aromatic carbocycles. The molecule has 1 aliphatic carbocycles. The highest BCUT2D eigenvalue weighted by molar-refractivity contribution is 5.94. The normalized spacial score (nSPS) is 15.1. The molecule has 80 valence electrons. The Morgan fingerprint density at radius 3 is 2.73 bits per heavy atom. The molecule has 2 rings (SSSR count). The Kier molecular flexibility index (Phi) is 2.76. The van der Waals surface area contributed by atoms with E-state index < -0.39 is 0 Å². The average molecular weight is 204 g/mol. The van der Waals surface area contributed by atoms with Crippen LogP contribution in [0.4, 0.5) is 0 Å². The fraction of sp³-hybridized carbons (Fsp3) is 0.462. The van der Waals surface area contributed by atoms with Crippen LogP contribution in [0.5, 0.6) is 5.75 Å². The predicted molar refractivity (Wildman–Crippen MR) is 59.4 cm³/mol. The minimum atomic E-state index is 0.0926. The molecule has 0 heterocycles. The molecule has 0 aliphatic heterocycles. The fourth-order valence-electron chi connectivity index (χ4n) is 1.53. The van der Waals surface area contributed by atoms with E-state index in [1.807, 2.05) is 25.1 Å². The van der Waals surface area contributed by atoms with Gasteiger partial charge in [-0.1, -0.05) is 0 Å². The summed E-state index contributed by atoms with van der Waals surface area (Å²) in [4.78, 5) is 11.2. The Morgan fingerprint density at radius 1 is 1.40 bits per heavy atom. The van der Waals surface area contributed by atoms with Gasteiger partial charge in [-0.3, -0.25) is 4.79 Å². The summed E-state index contributed by atoms with van der Waals surface area (Å²) in [5.74, 6) is 1.66. The molecular weight excluding hydrogens is 188 g/mol. The van der Waals surface area contributed by atoms with E-state index in [0.29, 0.717) is 0 Å². The van der Waals surface area contributed by atoms with E-state index in [0.717, 1.165) is 29.4 Å². The second kappa shape index (κ2) is 4.05. The number of ether oxygens (including phenoxy) is 1. The lowest BCUT2D eigenvalue weighted by molar-refractivity contribution is 0.101. The molecule has 15 heavy (non-hydrogen) atoms. The number of carbonyl (C=O) groups excluding carboxylic acids is 1. The van der Waals surface area contributed by atoms with E-state index in [9.17, 15) is 4.79 Å². The van der Waals surface area contributed by atoms with E-state index >= 15 is 0 Å². The van der Waals surface area contributed by atoms with E-state index in [-0.39, 0.29) is 5.78 Å². The molecule has 0 spiro atoms. The number of carbonyl (C=O) groups is 1.